The van der Waals surface area contributed by atoms with E-state index in [1.165, 1.54) is 0 Å². The zero-order valence-corrected chi connectivity index (χ0v) is 11.3. The number of nitrogens with zero attached hydrogens (tertiary/aromatic N) is 4. The van der Waals surface area contributed by atoms with E-state index in [1.807, 2.05) is 49.1 Å². The Kier molecular flexibility index (Phi) is 3.76. The number of benzene rings is 1. The number of hydrogen-bond acceptors (Lipinski definition) is 2. The lowest BCUT2D eigenvalue weighted by atomic mass is 9.81. The van der Waals surface area contributed by atoms with E-state index in [1.54, 1.807) is 0 Å². The van der Waals surface area contributed by atoms with E-state index >= 15 is 0 Å². The summed E-state index contributed by atoms with van der Waals surface area (Å²) in [4.78, 5) is 17.0. The van der Waals surface area contributed by atoms with Crippen molar-refractivity contribution in [2.24, 2.45) is 16.4 Å². The van der Waals surface area contributed by atoms with Gasteiger partial charge in [0.05, 0.1) is 0 Å². The molecule has 0 aromatic heterocycles. The molecule has 100 valence electrons. The molecular weight excluding hydrogens is 240 g/mol. The third-order valence-corrected chi connectivity index (χ3v) is 3.88. The maximum absolute atomic E-state index is 12.4. The lowest BCUT2D eigenvalue weighted by Crippen LogP contribution is -2.31. The van der Waals surface area contributed by atoms with E-state index in [-0.39, 0.29) is 11.8 Å². The van der Waals surface area contributed by atoms with E-state index in [4.69, 9.17) is 5.53 Å². The summed E-state index contributed by atoms with van der Waals surface area (Å²) < 4.78 is 0. The van der Waals surface area contributed by atoms with Gasteiger partial charge in [-0.2, -0.15) is 0 Å². The fourth-order valence-electron chi connectivity index (χ4n) is 2.52. The third-order valence-electron chi connectivity index (χ3n) is 3.88. The molecule has 0 saturated carbocycles. The van der Waals surface area contributed by atoms with Crippen LogP contribution < -0.4 is 0 Å². The van der Waals surface area contributed by atoms with Crippen molar-refractivity contribution >= 4 is 5.91 Å². The van der Waals surface area contributed by atoms with Crippen LogP contribution in [-0.4, -0.2) is 23.9 Å². The Morgan fingerprint density at radius 1 is 1.42 bits per heavy atom. The van der Waals surface area contributed by atoms with Gasteiger partial charge < -0.3 is 4.90 Å². The van der Waals surface area contributed by atoms with Gasteiger partial charge in [0, 0.05) is 30.0 Å². The first-order valence-electron chi connectivity index (χ1n) is 6.40. The molecule has 1 aliphatic heterocycles. The van der Waals surface area contributed by atoms with Crippen LogP contribution in [0.15, 0.2) is 35.4 Å². The molecule has 1 aromatic carbocycles. The lowest BCUT2D eigenvalue weighted by Gasteiger charge is -2.22. The lowest BCUT2D eigenvalue weighted by molar-refractivity contribution is -0.135. The van der Waals surface area contributed by atoms with E-state index < -0.39 is 5.41 Å². The van der Waals surface area contributed by atoms with Crippen molar-refractivity contribution in [2.75, 3.05) is 13.1 Å². The maximum atomic E-state index is 12.4. The number of carbonyl (C=O) groups excluding carboxylic acids is 1. The Morgan fingerprint density at radius 2 is 2.11 bits per heavy atom. The van der Waals surface area contributed by atoms with Crippen LogP contribution >= 0.6 is 0 Å². The van der Waals surface area contributed by atoms with Crippen LogP contribution in [0.2, 0.25) is 0 Å². The quantitative estimate of drug-likeness (QED) is 0.465. The van der Waals surface area contributed by atoms with Crippen molar-refractivity contribution < 1.29 is 4.79 Å². The molecule has 2 rings (SSSR count). The van der Waals surface area contributed by atoms with Gasteiger partial charge in [-0.15, -0.1) is 0 Å². The van der Waals surface area contributed by atoms with Crippen LogP contribution in [0.1, 0.15) is 19.4 Å². The molecule has 1 fully saturated rings. The molecule has 0 N–H and O–H groups in total. The van der Waals surface area contributed by atoms with Crippen molar-refractivity contribution in [3.8, 4) is 0 Å². The highest BCUT2D eigenvalue weighted by Gasteiger charge is 2.46. The first-order valence-corrected chi connectivity index (χ1v) is 6.40. The molecule has 0 unspecified atom stereocenters. The molecule has 1 atom stereocenters. The topological polar surface area (TPSA) is 69.1 Å². The van der Waals surface area contributed by atoms with Crippen molar-refractivity contribution in [3.05, 3.63) is 46.3 Å². The van der Waals surface area contributed by atoms with E-state index in [0.717, 1.165) is 5.56 Å². The van der Waals surface area contributed by atoms with Gasteiger partial charge in [-0.3, -0.25) is 4.79 Å². The van der Waals surface area contributed by atoms with Gasteiger partial charge in [0.15, 0.2) is 0 Å². The standard InChI is InChI=1S/C14H18N4O/c1-14(2)12(8-16-17-15)10-18(13(14)19)9-11-6-4-3-5-7-11/h3-7,12H,8-10H2,1-2H3/t12-/m0/s1. The minimum Gasteiger partial charge on any atom is -0.338 e. The Hall–Kier alpha value is -2.00. The van der Waals surface area contributed by atoms with E-state index in [2.05, 4.69) is 10.0 Å². The molecule has 0 radical (unpaired) electrons. The molecule has 1 heterocycles. The Labute approximate surface area is 112 Å². The molecule has 5 nitrogen and oxygen atoms in total. The van der Waals surface area contributed by atoms with Gasteiger partial charge in [0.25, 0.3) is 0 Å². The minimum atomic E-state index is -0.455. The minimum absolute atomic E-state index is 0.0830. The van der Waals surface area contributed by atoms with Gasteiger partial charge in [-0.1, -0.05) is 49.3 Å². The largest absolute Gasteiger partial charge is 0.338 e. The maximum Gasteiger partial charge on any atom is 0.228 e. The summed E-state index contributed by atoms with van der Waals surface area (Å²) in [7, 11) is 0. The second-order valence-electron chi connectivity index (χ2n) is 5.50. The molecule has 19 heavy (non-hydrogen) atoms. The van der Waals surface area contributed by atoms with Gasteiger partial charge in [0.1, 0.15) is 0 Å². The average molecular weight is 258 g/mol. The number of amides is 1. The summed E-state index contributed by atoms with van der Waals surface area (Å²) in [6.07, 6.45) is 0. The highest BCUT2D eigenvalue weighted by Crippen LogP contribution is 2.37. The number of hydrogen-bond donors (Lipinski definition) is 0. The SMILES string of the molecule is CC1(C)C(=O)N(Cc2ccccc2)C[C@@H]1CN=[N+]=[N-]. The van der Waals surface area contributed by atoms with Gasteiger partial charge in [0.2, 0.25) is 5.91 Å². The molecule has 0 spiro atoms. The predicted octanol–water partition coefficient (Wildman–Crippen LogP) is 2.98. The normalized spacial score (nSPS) is 21.3. The molecular formula is C14H18N4O. The first kappa shape index (κ1) is 13.4. The fraction of sp³-hybridized carbons (Fsp3) is 0.500. The summed E-state index contributed by atoms with van der Waals surface area (Å²) in [5, 5.41) is 3.63. The summed E-state index contributed by atoms with van der Waals surface area (Å²) in [6, 6.07) is 9.93. The molecule has 1 aromatic rings. The predicted molar refractivity (Wildman–Crippen MR) is 73.1 cm³/mol. The molecule has 1 aliphatic rings. The van der Waals surface area contributed by atoms with Crippen molar-refractivity contribution in [3.63, 3.8) is 0 Å². The second-order valence-corrected chi connectivity index (χ2v) is 5.50. The van der Waals surface area contributed by atoms with E-state index in [9.17, 15) is 4.79 Å². The zero-order chi connectivity index (χ0) is 13.9. The zero-order valence-electron chi connectivity index (χ0n) is 11.3. The molecule has 1 saturated heterocycles. The Bertz CT molecular complexity index is 505. The smallest absolute Gasteiger partial charge is 0.228 e. The summed E-state index contributed by atoms with van der Waals surface area (Å²) in [5.74, 6) is 0.217. The second kappa shape index (κ2) is 5.33. The monoisotopic (exact) mass is 258 g/mol. The summed E-state index contributed by atoms with van der Waals surface area (Å²) in [5.41, 5.74) is 9.09. The Balaban J connectivity index is 2.12. The molecule has 5 heteroatoms. The Morgan fingerprint density at radius 3 is 2.74 bits per heavy atom. The van der Waals surface area contributed by atoms with Crippen LogP contribution in [0.5, 0.6) is 0 Å². The first-order chi connectivity index (χ1) is 9.05. The van der Waals surface area contributed by atoms with Crippen LogP contribution in [0.25, 0.3) is 10.4 Å². The summed E-state index contributed by atoms with van der Waals surface area (Å²) >= 11 is 0. The van der Waals surface area contributed by atoms with Crippen LogP contribution in [0.4, 0.5) is 0 Å². The molecule has 1 amide bonds. The van der Waals surface area contributed by atoms with Gasteiger partial charge in [-0.05, 0) is 17.0 Å². The van der Waals surface area contributed by atoms with Crippen LogP contribution in [-0.2, 0) is 11.3 Å². The third kappa shape index (κ3) is 2.71. The summed E-state index contributed by atoms with van der Waals surface area (Å²) in [6.45, 7) is 5.51. The van der Waals surface area contributed by atoms with Crippen LogP contribution in [0.3, 0.4) is 0 Å². The number of rotatable bonds is 4. The van der Waals surface area contributed by atoms with Crippen molar-refractivity contribution in [2.45, 2.75) is 20.4 Å². The molecule has 0 bridgehead atoms. The van der Waals surface area contributed by atoms with E-state index in [0.29, 0.717) is 19.6 Å². The molecule has 0 aliphatic carbocycles. The number of azide groups is 1. The van der Waals surface area contributed by atoms with Crippen LogP contribution in [0, 0.1) is 11.3 Å². The van der Waals surface area contributed by atoms with Gasteiger partial charge in [-0.25, -0.2) is 0 Å². The van der Waals surface area contributed by atoms with Crippen molar-refractivity contribution in [1.82, 2.24) is 4.90 Å². The fourth-order valence-corrected chi connectivity index (χ4v) is 2.52. The number of carbonyl (C=O) groups is 1. The van der Waals surface area contributed by atoms with Gasteiger partial charge >= 0.3 is 0 Å². The van der Waals surface area contributed by atoms with Crippen molar-refractivity contribution in [1.29, 1.82) is 0 Å². The highest BCUT2D eigenvalue weighted by atomic mass is 16.2. The number of likely N-dealkylation sites (tertiary alicyclic amines) is 1. The highest BCUT2D eigenvalue weighted by molar-refractivity contribution is 5.84. The average Bonchev–Trinajstić information content (AvgIpc) is 2.61.